The Morgan fingerprint density at radius 3 is 2.15 bits per heavy atom. The highest BCUT2D eigenvalue weighted by Gasteiger charge is 2.44. The van der Waals surface area contributed by atoms with E-state index in [0.29, 0.717) is 12.8 Å². The molecule has 1 atom stereocenters. The van der Waals surface area contributed by atoms with Gasteiger partial charge < -0.3 is 0 Å². The molecule has 146 valence electrons. The fourth-order valence-electron chi connectivity index (χ4n) is 4.36. The van der Waals surface area contributed by atoms with Gasteiger partial charge in [-0.2, -0.15) is 0 Å². The summed E-state index contributed by atoms with van der Waals surface area (Å²) in [5.74, 6) is 0.112. The summed E-state index contributed by atoms with van der Waals surface area (Å²) >= 11 is 0. The fourth-order valence-corrected chi connectivity index (χ4v) is 4.36. The van der Waals surface area contributed by atoms with Crippen LogP contribution in [0.1, 0.15) is 70.9 Å². The lowest BCUT2D eigenvalue weighted by molar-refractivity contribution is -0.143. The zero-order valence-electron chi connectivity index (χ0n) is 17.7. The first kappa shape index (κ1) is 19.8. The Labute approximate surface area is 163 Å². The first-order valence-corrected chi connectivity index (χ1v) is 9.77. The van der Waals surface area contributed by atoms with Gasteiger partial charge in [0.15, 0.2) is 5.78 Å². The molecular formula is C23H32N2O2. The van der Waals surface area contributed by atoms with E-state index in [-0.39, 0.29) is 28.4 Å². The van der Waals surface area contributed by atoms with E-state index in [1.807, 2.05) is 19.1 Å². The summed E-state index contributed by atoms with van der Waals surface area (Å²) < 4.78 is 0. The number of carbonyl (C=O) groups excluding carboxylic acids is 2. The minimum Gasteiger partial charge on any atom is -0.294 e. The van der Waals surface area contributed by atoms with Crippen LogP contribution in [-0.4, -0.2) is 35.8 Å². The summed E-state index contributed by atoms with van der Waals surface area (Å²) in [6.07, 6.45) is 1.63. The fraction of sp³-hybridized carbons (Fsp3) is 0.565. The van der Waals surface area contributed by atoms with Crippen molar-refractivity contribution in [2.75, 3.05) is 14.1 Å². The smallest absolute Gasteiger partial charge is 0.242 e. The van der Waals surface area contributed by atoms with Crippen LogP contribution < -0.4 is 0 Å². The number of benzene rings is 1. The number of amides is 1. The van der Waals surface area contributed by atoms with Gasteiger partial charge in [-0.05, 0) is 28.4 Å². The first-order valence-electron chi connectivity index (χ1n) is 9.77. The van der Waals surface area contributed by atoms with Gasteiger partial charge in [-0.1, -0.05) is 58.9 Å². The van der Waals surface area contributed by atoms with Crippen molar-refractivity contribution in [3.63, 3.8) is 0 Å². The van der Waals surface area contributed by atoms with Crippen molar-refractivity contribution in [2.24, 2.45) is 5.41 Å². The second-order valence-corrected chi connectivity index (χ2v) is 9.98. The van der Waals surface area contributed by atoms with Gasteiger partial charge in [-0.15, -0.1) is 0 Å². The van der Waals surface area contributed by atoms with Gasteiger partial charge in [0.1, 0.15) is 0 Å². The van der Waals surface area contributed by atoms with E-state index in [9.17, 15) is 9.59 Å². The number of hydrazine groups is 1. The Hall–Kier alpha value is -1.94. The quantitative estimate of drug-likeness (QED) is 0.776. The van der Waals surface area contributed by atoms with Gasteiger partial charge in [-0.3, -0.25) is 9.59 Å². The van der Waals surface area contributed by atoms with Crippen LogP contribution in [0.4, 0.5) is 0 Å². The molecule has 27 heavy (non-hydrogen) atoms. The van der Waals surface area contributed by atoms with Crippen molar-refractivity contribution in [3.05, 3.63) is 46.7 Å². The lowest BCUT2D eigenvalue weighted by atomic mass is 9.69. The summed E-state index contributed by atoms with van der Waals surface area (Å²) in [6, 6.07) is 8.47. The van der Waals surface area contributed by atoms with E-state index in [1.54, 1.807) is 5.01 Å². The maximum atomic E-state index is 13.1. The zero-order valence-corrected chi connectivity index (χ0v) is 17.7. The molecule has 2 aliphatic rings. The van der Waals surface area contributed by atoms with Crippen molar-refractivity contribution >= 4 is 11.7 Å². The molecule has 4 nitrogen and oxygen atoms in total. The molecule has 1 aliphatic carbocycles. The highest BCUT2D eigenvalue weighted by molar-refractivity contribution is 6.01. The lowest BCUT2D eigenvalue weighted by Crippen LogP contribution is -2.49. The van der Waals surface area contributed by atoms with Gasteiger partial charge >= 0.3 is 0 Å². The molecule has 1 heterocycles. The first-order chi connectivity index (χ1) is 12.4. The van der Waals surface area contributed by atoms with Crippen molar-refractivity contribution in [1.29, 1.82) is 0 Å². The molecule has 0 aromatic heterocycles. The minimum atomic E-state index is -0.138. The normalized spacial score (nSPS) is 23.1. The molecule has 1 aromatic carbocycles. The Morgan fingerprint density at radius 1 is 1.04 bits per heavy atom. The Kier molecular flexibility index (Phi) is 4.84. The molecule has 0 fully saturated rings. The maximum Gasteiger partial charge on any atom is 0.242 e. The second-order valence-electron chi connectivity index (χ2n) is 9.98. The van der Waals surface area contributed by atoms with Crippen LogP contribution >= 0.6 is 0 Å². The van der Waals surface area contributed by atoms with Crippen LogP contribution in [-0.2, 0) is 15.0 Å². The Morgan fingerprint density at radius 2 is 1.63 bits per heavy atom. The highest BCUT2D eigenvalue weighted by Crippen LogP contribution is 2.47. The summed E-state index contributed by atoms with van der Waals surface area (Å²) in [6.45, 7) is 10.8. The molecule has 1 aromatic rings. The molecule has 0 N–H and O–H groups in total. The van der Waals surface area contributed by atoms with Crippen LogP contribution in [0.15, 0.2) is 35.5 Å². The van der Waals surface area contributed by atoms with Crippen LogP contribution in [0.25, 0.3) is 0 Å². The third-order valence-electron chi connectivity index (χ3n) is 5.69. The van der Waals surface area contributed by atoms with E-state index >= 15 is 0 Å². The number of allylic oxidation sites excluding steroid dienone is 2. The number of carbonyl (C=O) groups is 2. The third-order valence-corrected chi connectivity index (χ3v) is 5.69. The largest absolute Gasteiger partial charge is 0.294 e. The third kappa shape index (κ3) is 3.73. The highest BCUT2D eigenvalue weighted by atomic mass is 16.2. The number of Topliss-reactive ketones (excluding diaryl/α,β-unsaturated/α-hetero) is 1. The molecule has 0 saturated carbocycles. The average molecular weight is 369 g/mol. The molecule has 4 heteroatoms. The lowest BCUT2D eigenvalue weighted by Gasteiger charge is -2.44. The monoisotopic (exact) mass is 368 g/mol. The molecular weight excluding hydrogens is 336 g/mol. The number of nitrogens with zero attached hydrogens (tertiary/aromatic N) is 2. The van der Waals surface area contributed by atoms with Crippen LogP contribution in [0, 0.1) is 5.41 Å². The number of ketones is 1. The van der Waals surface area contributed by atoms with E-state index in [2.05, 4.69) is 58.9 Å². The van der Waals surface area contributed by atoms with Crippen LogP contribution in [0.3, 0.4) is 0 Å². The van der Waals surface area contributed by atoms with Crippen molar-refractivity contribution in [3.8, 4) is 0 Å². The molecule has 0 radical (unpaired) electrons. The summed E-state index contributed by atoms with van der Waals surface area (Å²) in [5.41, 5.74) is 4.01. The number of hydrogen-bond acceptors (Lipinski definition) is 3. The van der Waals surface area contributed by atoms with E-state index in [1.165, 1.54) is 5.56 Å². The second kappa shape index (κ2) is 6.59. The van der Waals surface area contributed by atoms with Crippen molar-refractivity contribution in [1.82, 2.24) is 10.0 Å². The Bertz CT molecular complexity index is 795. The van der Waals surface area contributed by atoms with E-state index in [0.717, 1.165) is 23.3 Å². The molecule has 0 saturated heterocycles. The van der Waals surface area contributed by atoms with Gasteiger partial charge in [0, 0.05) is 44.1 Å². The summed E-state index contributed by atoms with van der Waals surface area (Å²) in [4.78, 5) is 26.1. The maximum absolute atomic E-state index is 13.1. The molecule has 1 amide bonds. The minimum absolute atomic E-state index is 0.0640. The van der Waals surface area contributed by atoms with Crippen LogP contribution in [0.5, 0.6) is 0 Å². The Balaban J connectivity index is 2.10. The van der Waals surface area contributed by atoms with Gasteiger partial charge in [-0.25, -0.2) is 10.0 Å². The van der Waals surface area contributed by atoms with Gasteiger partial charge in [0.2, 0.25) is 5.91 Å². The molecule has 0 bridgehead atoms. The van der Waals surface area contributed by atoms with Crippen LogP contribution in [0.2, 0.25) is 0 Å². The average Bonchev–Trinajstić information content (AvgIpc) is 2.51. The van der Waals surface area contributed by atoms with Crippen molar-refractivity contribution in [2.45, 2.75) is 65.2 Å². The summed E-state index contributed by atoms with van der Waals surface area (Å²) in [5, 5.41) is 3.53. The van der Waals surface area contributed by atoms with Gasteiger partial charge in [0.25, 0.3) is 0 Å². The van der Waals surface area contributed by atoms with Gasteiger partial charge in [0.05, 0.1) is 0 Å². The standard InChI is InChI=1S/C23H32N2O2/c1-22(2,3)16-10-8-15(9-11-16)17-12-20(27)25(24(6)7)18-13-23(4,5)14-19(26)21(17)18/h8-11,17H,12-14H2,1-7H3. The predicted molar refractivity (Wildman–Crippen MR) is 108 cm³/mol. The number of rotatable bonds is 2. The summed E-state index contributed by atoms with van der Waals surface area (Å²) in [7, 11) is 3.74. The molecule has 1 unspecified atom stereocenters. The zero-order chi connectivity index (χ0) is 20.1. The SMILES string of the molecule is CN(C)N1C(=O)CC(c2ccc(C(C)(C)C)cc2)C2=C1CC(C)(C)CC2=O. The van der Waals surface area contributed by atoms with E-state index < -0.39 is 0 Å². The molecule has 1 aliphatic heterocycles. The number of hydrogen-bond donors (Lipinski definition) is 0. The van der Waals surface area contributed by atoms with Crippen molar-refractivity contribution < 1.29 is 9.59 Å². The predicted octanol–water partition coefficient (Wildman–Crippen LogP) is 4.42. The van der Waals surface area contributed by atoms with E-state index in [4.69, 9.17) is 0 Å². The molecule has 0 spiro atoms. The topological polar surface area (TPSA) is 40.6 Å². The molecule has 3 rings (SSSR count).